The summed E-state index contributed by atoms with van der Waals surface area (Å²) in [5.41, 5.74) is 2.24. The predicted octanol–water partition coefficient (Wildman–Crippen LogP) is 2.30. The maximum Gasteiger partial charge on any atom is 0.251 e. The zero-order chi connectivity index (χ0) is 17.5. The highest BCUT2D eigenvalue weighted by Crippen LogP contribution is 2.07. The lowest BCUT2D eigenvalue weighted by Crippen LogP contribution is -2.32. The van der Waals surface area contributed by atoms with Crippen molar-refractivity contribution in [3.05, 3.63) is 84.2 Å². The molecule has 25 heavy (non-hydrogen) atoms. The Bertz CT molecular complexity index is 844. The number of hydrogen-bond acceptors (Lipinski definition) is 3. The maximum absolute atomic E-state index is 12.0. The quantitative estimate of drug-likeness (QED) is 0.726. The van der Waals surface area contributed by atoms with Gasteiger partial charge in [-0.1, -0.05) is 48.5 Å². The standard InChI is InChI=1S/C19H18N4O2/c24-18(12-20-19(25)16-9-5-2-6-10-16)22-17-11-21-23(14-17)13-15-7-3-1-4-8-15/h1-11,14H,12-13H2,(H,20,25)(H,22,24). The Hall–Kier alpha value is -3.41. The Labute approximate surface area is 145 Å². The zero-order valence-corrected chi connectivity index (χ0v) is 13.6. The van der Waals surface area contributed by atoms with Crippen molar-refractivity contribution >= 4 is 17.5 Å². The first-order chi connectivity index (χ1) is 12.2. The third-order valence-corrected chi connectivity index (χ3v) is 3.55. The minimum absolute atomic E-state index is 0.0996. The van der Waals surface area contributed by atoms with E-state index in [2.05, 4.69) is 15.7 Å². The molecule has 6 nitrogen and oxygen atoms in total. The van der Waals surface area contributed by atoms with Gasteiger partial charge in [0.25, 0.3) is 5.91 Å². The van der Waals surface area contributed by atoms with Crippen LogP contribution in [0.2, 0.25) is 0 Å². The van der Waals surface area contributed by atoms with Gasteiger partial charge in [0.1, 0.15) is 0 Å². The van der Waals surface area contributed by atoms with Crippen molar-refractivity contribution < 1.29 is 9.59 Å². The minimum Gasteiger partial charge on any atom is -0.343 e. The monoisotopic (exact) mass is 334 g/mol. The van der Waals surface area contributed by atoms with Gasteiger partial charge in [0.15, 0.2) is 0 Å². The molecule has 1 aromatic heterocycles. The van der Waals surface area contributed by atoms with E-state index in [0.717, 1.165) is 5.56 Å². The van der Waals surface area contributed by atoms with Crippen LogP contribution in [0.5, 0.6) is 0 Å². The number of carbonyl (C=O) groups is 2. The molecule has 3 rings (SSSR count). The third-order valence-electron chi connectivity index (χ3n) is 3.55. The third kappa shape index (κ3) is 4.78. The molecule has 3 aromatic rings. The van der Waals surface area contributed by atoms with E-state index in [1.54, 1.807) is 41.3 Å². The molecular formula is C19H18N4O2. The Morgan fingerprint density at radius 3 is 2.36 bits per heavy atom. The first-order valence-corrected chi connectivity index (χ1v) is 7.90. The van der Waals surface area contributed by atoms with Crippen LogP contribution in [0.15, 0.2) is 73.1 Å². The van der Waals surface area contributed by atoms with Crippen LogP contribution in [0.3, 0.4) is 0 Å². The number of nitrogens with zero attached hydrogens (tertiary/aromatic N) is 2. The summed E-state index contributed by atoms with van der Waals surface area (Å²) < 4.78 is 1.74. The number of carbonyl (C=O) groups excluding carboxylic acids is 2. The van der Waals surface area contributed by atoms with Gasteiger partial charge in [0.05, 0.1) is 25.0 Å². The van der Waals surface area contributed by atoms with E-state index in [1.807, 2.05) is 36.4 Å². The molecule has 126 valence electrons. The summed E-state index contributed by atoms with van der Waals surface area (Å²) in [7, 11) is 0. The lowest BCUT2D eigenvalue weighted by molar-refractivity contribution is -0.115. The molecule has 6 heteroatoms. The molecule has 0 spiro atoms. The average molecular weight is 334 g/mol. The summed E-state index contributed by atoms with van der Waals surface area (Å²) in [6.45, 7) is 0.527. The van der Waals surface area contributed by atoms with Gasteiger partial charge in [-0.25, -0.2) is 0 Å². The number of hydrogen-bond donors (Lipinski definition) is 2. The van der Waals surface area contributed by atoms with Crippen LogP contribution in [0, 0.1) is 0 Å². The van der Waals surface area contributed by atoms with Crippen LogP contribution in [0.1, 0.15) is 15.9 Å². The summed E-state index contributed by atoms with van der Waals surface area (Å²) >= 11 is 0. The number of nitrogens with one attached hydrogen (secondary N) is 2. The number of rotatable bonds is 6. The highest BCUT2D eigenvalue weighted by atomic mass is 16.2. The van der Waals surface area contributed by atoms with Crippen LogP contribution in [0.4, 0.5) is 5.69 Å². The summed E-state index contributed by atoms with van der Waals surface area (Å²) in [4.78, 5) is 23.9. The van der Waals surface area contributed by atoms with Crippen LogP contribution in [-0.4, -0.2) is 28.1 Å². The van der Waals surface area contributed by atoms with Gasteiger partial charge >= 0.3 is 0 Å². The minimum atomic E-state index is -0.302. The smallest absolute Gasteiger partial charge is 0.251 e. The molecule has 0 bridgehead atoms. The Kier molecular flexibility index (Phi) is 5.21. The van der Waals surface area contributed by atoms with Crippen molar-refractivity contribution in [3.63, 3.8) is 0 Å². The van der Waals surface area contributed by atoms with Crippen molar-refractivity contribution in [3.8, 4) is 0 Å². The Balaban J connectivity index is 1.49. The van der Waals surface area contributed by atoms with Crippen molar-refractivity contribution in [1.82, 2.24) is 15.1 Å². The second-order valence-corrected chi connectivity index (χ2v) is 5.51. The number of amides is 2. The molecule has 2 amide bonds. The molecule has 0 aliphatic rings. The first kappa shape index (κ1) is 16.4. The molecule has 0 atom stereocenters. The van der Waals surface area contributed by atoms with Gasteiger partial charge in [-0.3, -0.25) is 14.3 Å². The fraction of sp³-hybridized carbons (Fsp3) is 0.105. The largest absolute Gasteiger partial charge is 0.343 e. The molecule has 1 heterocycles. The predicted molar refractivity (Wildman–Crippen MR) is 95.2 cm³/mol. The van der Waals surface area contributed by atoms with Crippen LogP contribution in [0.25, 0.3) is 0 Å². The van der Waals surface area contributed by atoms with E-state index in [-0.39, 0.29) is 18.4 Å². The summed E-state index contributed by atoms with van der Waals surface area (Å²) in [6, 6.07) is 18.7. The van der Waals surface area contributed by atoms with Crippen LogP contribution in [-0.2, 0) is 11.3 Å². The fourth-order valence-electron chi connectivity index (χ4n) is 2.34. The first-order valence-electron chi connectivity index (χ1n) is 7.90. The lowest BCUT2D eigenvalue weighted by atomic mass is 10.2. The van der Waals surface area contributed by atoms with E-state index in [9.17, 15) is 9.59 Å². The number of aromatic nitrogens is 2. The van der Waals surface area contributed by atoms with Gasteiger partial charge in [-0.2, -0.15) is 5.10 Å². The Morgan fingerprint density at radius 2 is 1.64 bits per heavy atom. The van der Waals surface area contributed by atoms with Crippen molar-refractivity contribution in [2.75, 3.05) is 11.9 Å². The number of benzene rings is 2. The highest BCUT2D eigenvalue weighted by Gasteiger charge is 2.08. The van der Waals surface area contributed by atoms with Crippen molar-refractivity contribution in [2.45, 2.75) is 6.54 Å². The fourth-order valence-corrected chi connectivity index (χ4v) is 2.34. The van der Waals surface area contributed by atoms with Crippen molar-refractivity contribution in [2.24, 2.45) is 0 Å². The number of anilines is 1. The molecule has 0 radical (unpaired) electrons. The molecule has 0 saturated carbocycles. The maximum atomic E-state index is 12.0. The van der Waals surface area contributed by atoms with E-state index < -0.39 is 0 Å². The normalized spacial score (nSPS) is 10.2. The zero-order valence-electron chi connectivity index (χ0n) is 13.6. The van der Waals surface area contributed by atoms with E-state index >= 15 is 0 Å². The average Bonchev–Trinajstić information content (AvgIpc) is 3.08. The molecule has 0 unspecified atom stereocenters. The molecule has 0 aliphatic carbocycles. The van der Waals surface area contributed by atoms with E-state index in [1.165, 1.54) is 0 Å². The van der Waals surface area contributed by atoms with E-state index in [4.69, 9.17) is 0 Å². The van der Waals surface area contributed by atoms with Gasteiger partial charge in [-0.15, -0.1) is 0 Å². The van der Waals surface area contributed by atoms with Gasteiger partial charge in [-0.05, 0) is 17.7 Å². The van der Waals surface area contributed by atoms with Gasteiger partial charge < -0.3 is 10.6 Å². The Morgan fingerprint density at radius 1 is 0.960 bits per heavy atom. The molecular weight excluding hydrogens is 316 g/mol. The molecule has 2 aromatic carbocycles. The molecule has 2 N–H and O–H groups in total. The lowest BCUT2D eigenvalue weighted by Gasteiger charge is -2.05. The van der Waals surface area contributed by atoms with Gasteiger partial charge in [0.2, 0.25) is 5.91 Å². The summed E-state index contributed by atoms with van der Waals surface area (Å²) in [5, 5.41) is 9.53. The summed E-state index contributed by atoms with van der Waals surface area (Å²) in [6.07, 6.45) is 3.34. The van der Waals surface area contributed by atoms with Crippen LogP contribution >= 0.6 is 0 Å². The molecule has 0 aliphatic heterocycles. The van der Waals surface area contributed by atoms with E-state index in [0.29, 0.717) is 17.8 Å². The van der Waals surface area contributed by atoms with Crippen molar-refractivity contribution in [1.29, 1.82) is 0 Å². The molecule has 0 fully saturated rings. The highest BCUT2D eigenvalue weighted by molar-refractivity contribution is 5.99. The second kappa shape index (κ2) is 7.92. The molecule has 0 saturated heterocycles. The van der Waals surface area contributed by atoms with Gasteiger partial charge in [0, 0.05) is 11.8 Å². The topological polar surface area (TPSA) is 76.0 Å². The summed E-state index contributed by atoms with van der Waals surface area (Å²) in [5.74, 6) is -0.584. The van der Waals surface area contributed by atoms with Crippen LogP contribution < -0.4 is 10.6 Å². The second-order valence-electron chi connectivity index (χ2n) is 5.51. The SMILES string of the molecule is O=C(CNC(=O)c1ccccc1)Nc1cnn(Cc2ccccc2)c1.